The molecule has 0 saturated heterocycles. The summed E-state index contributed by atoms with van der Waals surface area (Å²) < 4.78 is 13.9. The maximum atomic E-state index is 13.9. The summed E-state index contributed by atoms with van der Waals surface area (Å²) in [4.78, 5) is 0.771. The van der Waals surface area contributed by atoms with Gasteiger partial charge in [0.1, 0.15) is 5.82 Å². The predicted molar refractivity (Wildman–Crippen MR) is 74.0 cm³/mol. The van der Waals surface area contributed by atoms with Crippen LogP contribution >= 0.6 is 11.8 Å². The molecule has 1 N–H and O–H groups in total. The Labute approximate surface area is 108 Å². The summed E-state index contributed by atoms with van der Waals surface area (Å²) in [5, 5.41) is 3.34. The topological polar surface area (TPSA) is 12.0 Å². The van der Waals surface area contributed by atoms with Crippen LogP contribution in [0.15, 0.2) is 23.1 Å². The Bertz CT molecular complexity index is 369. The molecule has 0 aliphatic heterocycles. The SMILES string of the molecule is CC(C)NCc1cccc(F)c1SC(C)(C)C. The maximum absolute atomic E-state index is 13.9. The summed E-state index contributed by atoms with van der Waals surface area (Å²) in [6.45, 7) is 11.2. The van der Waals surface area contributed by atoms with E-state index >= 15 is 0 Å². The normalized spacial score (nSPS) is 12.2. The lowest BCUT2D eigenvalue weighted by molar-refractivity contribution is 0.563. The van der Waals surface area contributed by atoms with E-state index in [0.29, 0.717) is 12.6 Å². The highest BCUT2D eigenvalue weighted by Gasteiger charge is 2.18. The highest BCUT2D eigenvalue weighted by molar-refractivity contribution is 8.00. The van der Waals surface area contributed by atoms with Gasteiger partial charge in [-0.05, 0) is 11.6 Å². The van der Waals surface area contributed by atoms with Crippen LogP contribution in [0.25, 0.3) is 0 Å². The van der Waals surface area contributed by atoms with Crippen LogP contribution in [-0.4, -0.2) is 10.8 Å². The first-order chi connectivity index (χ1) is 7.79. The van der Waals surface area contributed by atoms with Crippen LogP contribution in [0.3, 0.4) is 0 Å². The van der Waals surface area contributed by atoms with Crippen LogP contribution in [0.4, 0.5) is 4.39 Å². The molecule has 17 heavy (non-hydrogen) atoms. The quantitative estimate of drug-likeness (QED) is 0.809. The smallest absolute Gasteiger partial charge is 0.137 e. The largest absolute Gasteiger partial charge is 0.310 e. The zero-order valence-corrected chi connectivity index (χ0v) is 12.1. The molecule has 0 radical (unpaired) electrons. The average Bonchev–Trinajstić information content (AvgIpc) is 2.17. The average molecular weight is 255 g/mol. The fraction of sp³-hybridized carbons (Fsp3) is 0.571. The van der Waals surface area contributed by atoms with Crippen molar-refractivity contribution in [2.45, 2.75) is 56.8 Å². The number of thioether (sulfide) groups is 1. The van der Waals surface area contributed by atoms with Gasteiger partial charge in [0, 0.05) is 22.2 Å². The van der Waals surface area contributed by atoms with Gasteiger partial charge in [-0.2, -0.15) is 0 Å². The summed E-state index contributed by atoms with van der Waals surface area (Å²) in [5.74, 6) is -0.118. The van der Waals surface area contributed by atoms with Gasteiger partial charge >= 0.3 is 0 Å². The Morgan fingerprint density at radius 3 is 2.47 bits per heavy atom. The zero-order chi connectivity index (χ0) is 13.1. The molecule has 0 aromatic heterocycles. The first-order valence-corrected chi connectivity index (χ1v) is 6.81. The van der Waals surface area contributed by atoms with E-state index in [1.807, 2.05) is 6.07 Å². The first-order valence-electron chi connectivity index (χ1n) is 5.99. The fourth-order valence-electron chi connectivity index (χ4n) is 1.43. The molecule has 0 fully saturated rings. The Morgan fingerprint density at radius 2 is 1.94 bits per heavy atom. The van der Waals surface area contributed by atoms with Crippen LogP contribution in [0.2, 0.25) is 0 Å². The molecular weight excluding hydrogens is 233 g/mol. The van der Waals surface area contributed by atoms with Crippen molar-refractivity contribution < 1.29 is 4.39 Å². The molecule has 3 heteroatoms. The van der Waals surface area contributed by atoms with E-state index in [1.54, 1.807) is 17.8 Å². The minimum absolute atomic E-state index is 0.0226. The van der Waals surface area contributed by atoms with Crippen molar-refractivity contribution in [2.75, 3.05) is 0 Å². The van der Waals surface area contributed by atoms with Gasteiger partial charge in [-0.3, -0.25) is 0 Å². The second-order valence-corrected chi connectivity index (χ2v) is 7.32. The minimum Gasteiger partial charge on any atom is -0.310 e. The molecule has 1 aromatic carbocycles. The van der Waals surface area contributed by atoms with Crippen LogP contribution < -0.4 is 5.32 Å². The van der Waals surface area contributed by atoms with Crippen molar-refractivity contribution in [3.8, 4) is 0 Å². The van der Waals surface area contributed by atoms with Crippen molar-refractivity contribution >= 4 is 11.8 Å². The molecule has 0 saturated carbocycles. The van der Waals surface area contributed by atoms with Crippen LogP contribution in [0.5, 0.6) is 0 Å². The van der Waals surface area contributed by atoms with Crippen molar-refractivity contribution in [3.05, 3.63) is 29.6 Å². The van der Waals surface area contributed by atoms with Gasteiger partial charge in [-0.15, -0.1) is 11.8 Å². The van der Waals surface area contributed by atoms with E-state index in [9.17, 15) is 4.39 Å². The van der Waals surface area contributed by atoms with Crippen molar-refractivity contribution in [3.63, 3.8) is 0 Å². The van der Waals surface area contributed by atoms with E-state index in [-0.39, 0.29) is 10.6 Å². The van der Waals surface area contributed by atoms with E-state index in [2.05, 4.69) is 39.9 Å². The fourth-order valence-corrected chi connectivity index (χ4v) is 2.48. The molecule has 0 spiro atoms. The van der Waals surface area contributed by atoms with Gasteiger partial charge < -0.3 is 5.32 Å². The van der Waals surface area contributed by atoms with Crippen LogP contribution in [0.1, 0.15) is 40.2 Å². The number of halogens is 1. The second kappa shape index (κ2) is 5.87. The number of nitrogens with one attached hydrogen (secondary N) is 1. The summed E-state index contributed by atoms with van der Waals surface area (Å²) in [6, 6.07) is 5.71. The van der Waals surface area contributed by atoms with Crippen molar-refractivity contribution in [1.29, 1.82) is 0 Å². The third-order valence-electron chi connectivity index (χ3n) is 2.16. The van der Waals surface area contributed by atoms with E-state index in [4.69, 9.17) is 0 Å². The third-order valence-corrected chi connectivity index (χ3v) is 3.43. The van der Waals surface area contributed by atoms with E-state index < -0.39 is 0 Å². The highest BCUT2D eigenvalue weighted by Crippen LogP contribution is 2.35. The predicted octanol–water partition coefficient (Wildman–Crippen LogP) is 4.21. The van der Waals surface area contributed by atoms with Gasteiger partial charge in [0.05, 0.1) is 0 Å². The third kappa shape index (κ3) is 5.09. The number of rotatable bonds is 4. The molecule has 0 aliphatic carbocycles. The minimum atomic E-state index is -0.118. The molecule has 0 bridgehead atoms. The molecule has 0 heterocycles. The molecule has 96 valence electrons. The second-order valence-electron chi connectivity index (χ2n) is 5.48. The molecule has 1 aromatic rings. The van der Waals surface area contributed by atoms with Gasteiger partial charge in [-0.1, -0.05) is 46.8 Å². The molecule has 0 aliphatic rings. The number of hydrogen-bond donors (Lipinski definition) is 1. The Balaban J connectivity index is 2.92. The van der Waals surface area contributed by atoms with Crippen molar-refractivity contribution in [1.82, 2.24) is 5.32 Å². The molecule has 1 nitrogen and oxygen atoms in total. The molecule has 0 atom stereocenters. The lowest BCUT2D eigenvalue weighted by Gasteiger charge is -2.21. The summed E-state index contributed by atoms with van der Waals surface area (Å²) in [5.41, 5.74) is 1.04. The molecule has 1 rings (SSSR count). The van der Waals surface area contributed by atoms with Crippen molar-refractivity contribution in [2.24, 2.45) is 0 Å². The lowest BCUT2D eigenvalue weighted by atomic mass is 10.2. The zero-order valence-electron chi connectivity index (χ0n) is 11.3. The Morgan fingerprint density at radius 1 is 1.29 bits per heavy atom. The number of hydrogen-bond acceptors (Lipinski definition) is 2. The monoisotopic (exact) mass is 255 g/mol. The van der Waals surface area contributed by atoms with Crippen LogP contribution in [0, 0.1) is 5.82 Å². The maximum Gasteiger partial charge on any atom is 0.137 e. The molecular formula is C14H22FNS. The first kappa shape index (κ1) is 14.5. The Hall–Kier alpha value is -0.540. The standard InChI is InChI=1S/C14H22FNS/c1-10(2)16-9-11-7-6-8-12(15)13(11)17-14(3,4)5/h6-8,10,16H,9H2,1-5H3. The lowest BCUT2D eigenvalue weighted by Crippen LogP contribution is -2.22. The van der Waals surface area contributed by atoms with Crippen LogP contribution in [-0.2, 0) is 6.54 Å². The summed E-state index contributed by atoms with van der Waals surface area (Å²) in [6.07, 6.45) is 0. The Kier molecular flexibility index (Phi) is 5.02. The van der Waals surface area contributed by atoms with Gasteiger partial charge in [0.15, 0.2) is 0 Å². The number of benzene rings is 1. The van der Waals surface area contributed by atoms with E-state index in [0.717, 1.165) is 10.5 Å². The summed E-state index contributed by atoms with van der Waals surface area (Å²) >= 11 is 1.59. The van der Waals surface area contributed by atoms with Gasteiger partial charge in [0.2, 0.25) is 0 Å². The van der Waals surface area contributed by atoms with Gasteiger partial charge in [-0.25, -0.2) is 4.39 Å². The molecule has 0 unspecified atom stereocenters. The highest BCUT2D eigenvalue weighted by atomic mass is 32.2. The summed E-state index contributed by atoms with van der Waals surface area (Å²) in [7, 11) is 0. The van der Waals surface area contributed by atoms with Gasteiger partial charge in [0.25, 0.3) is 0 Å². The molecule has 0 amide bonds. The van der Waals surface area contributed by atoms with E-state index in [1.165, 1.54) is 6.07 Å².